The Hall–Kier alpha value is -3.04. The largest absolute Gasteiger partial charge is 0.435 e. The highest BCUT2D eigenvalue weighted by Crippen LogP contribution is 2.26. The maximum atomic E-state index is 12.3. The first kappa shape index (κ1) is 17.3. The molecule has 0 radical (unpaired) electrons. The second-order valence-corrected chi connectivity index (χ2v) is 4.97. The Morgan fingerprint density at radius 1 is 1.42 bits per heavy atom. The van der Waals surface area contributed by atoms with Crippen molar-refractivity contribution in [2.24, 2.45) is 7.05 Å². The van der Waals surface area contributed by atoms with Crippen molar-refractivity contribution in [3.8, 4) is 5.75 Å². The van der Waals surface area contributed by atoms with Crippen LogP contribution in [0.1, 0.15) is 21.7 Å². The van der Waals surface area contributed by atoms with E-state index in [1.807, 2.05) is 0 Å². The van der Waals surface area contributed by atoms with Gasteiger partial charge in [0.15, 0.2) is 0 Å². The van der Waals surface area contributed by atoms with E-state index >= 15 is 0 Å². The van der Waals surface area contributed by atoms with Crippen LogP contribution in [0.2, 0.25) is 0 Å². The highest BCUT2D eigenvalue weighted by molar-refractivity contribution is 6.06. The van der Waals surface area contributed by atoms with Gasteiger partial charge in [0.25, 0.3) is 5.91 Å². The van der Waals surface area contributed by atoms with Crippen LogP contribution in [0.15, 0.2) is 18.2 Å². The second kappa shape index (κ2) is 6.60. The number of hydrogen-bond acceptors (Lipinski definition) is 5. The number of aromatic nitrogens is 2. The molecule has 1 heterocycles. The predicted octanol–water partition coefficient (Wildman–Crippen LogP) is 2.80. The Labute approximate surface area is 135 Å². The number of carbonyl (C=O) groups is 1. The molecule has 1 aromatic carbocycles. The topological polar surface area (TPSA) is 99.3 Å². The monoisotopic (exact) mass is 340 g/mol. The number of amides is 1. The SMILES string of the molecule is Cc1cc(OC(F)F)ccc1NC(=O)c1nn(C)c(C)c1[N+](=O)[O-]. The Balaban J connectivity index is 2.28. The van der Waals surface area contributed by atoms with Gasteiger partial charge in [-0.15, -0.1) is 0 Å². The summed E-state index contributed by atoms with van der Waals surface area (Å²) in [7, 11) is 1.49. The molecule has 10 heteroatoms. The third kappa shape index (κ3) is 3.47. The fourth-order valence-corrected chi connectivity index (χ4v) is 2.10. The first-order chi connectivity index (χ1) is 11.2. The molecule has 24 heavy (non-hydrogen) atoms. The number of ether oxygens (including phenoxy) is 1. The lowest BCUT2D eigenvalue weighted by atomic mass is 10.2. The van der Waals surface area contributed by atoms with Crippen molar-refractivity contribution in [3.05, 3.63) is 45.3 Å². The van der Waals surface area contributed by atoms with Gasteiger partial charge in [-0.2, -0.15) is 13.9 Å². The molecule has 0 saturated heterocycles. The van der Waals surface area contributed by atoms with Gasteiger partial charge in [-0.05, 0) is 37.6 Å². The van der Waals surface area contributed by atoms with Gasteiger partial charge in [0.1, 0.15) is 11.4 Å². The molecular weight excluding hydrogens is 326 g/mol. The third-order valence-corrected chi connectivity index (χ3v) is 3.37. The maximum Gasteiger partial charge on any atom is 0.387 e. The predicted molar refractivity (Wildman–Crippen MR) is 80.4 cm³/mol. The fourth-order valence-electron chi connectivity index (χ4n) is 2.10. The van der Waals surface area contributed by atoms with Gasteiger partial charge < -0.3 is 10.1 Å². The van der Waals surface area contributed by atoms with Gasteiger partial charge in [-0.3, -0.25) is 19.6 Å². The lowest BCUT2D eigenvalue weighted by Crippen LogP contribution is -2.15. The molecular formula is C14H14F2N4O4. The van der Waals surface area contributed by atoms with Crippen LogP contribution < -0.4 is 10.1 Å². The summed E-state index contributed by atoms with van der Waals surface area (Å²) in [6, 6.07) is 3.94. The van der Waals surface area contributed by atoms with Gasteiger partial charge in [0, 0.05) is 12.7 Å². The van der Waals surface area contributed by atoms with Crippen molar-refractivity contribution >= 4 is 17.3 Å². The van der Waals surface area contributed by atoms with E-state index in [0.29, 0.717) is 11.3 Å². The van der Waals surface area contributed by atoms with Crippen LogP contribution in [0.4, 0.5) is 20.2 Å². The summed E-state index contributed by atoms with van der Waals surface area (Å²) in [5.41, 5.74) is 0.288. The van der Waals surface area contributed by atoms with Crippen molar-refractivity contribution in [2.75, 3.05) is 5.32 Å². The van der Waals surface area contributed by atoms with Crippen molar-refractivity contribution in [3.63, 3.8) is 0 Å². The number of nitro groups is 1. The molecule has 1 aromatic heterocycles. The number of nitrogens with zero attached hydrogens (tertiary/aromatic N) is 3. The van der Waals surface area contributed by atoms with Crippen molar-refractivity contribution in [1.82, 2.24) is 9.78 Å². The number of alkyl halides is 2. The smallest absolute Gasteiger partial charge is 0.387 e. The van der Waals surface area contributed by atoms with Gasteiger partial charge in [-0.1, -0.05) is 0 Å². The number of benzene rings is 1. The molecule has 0 unspecified atom stereocenters. The minimum atomic E-state index is -2.95. The third-order valence-electron chi connectivity index (χ3n) is 3.37. The van der Waals surface area contributed by atoms with E-state index in [-0.39, 0.29) is 22.8 Å². The average Bonchev–Trinajstić information content (AvgIpc) is 2.77. The molecule has 0 saturated carbocycles. The Bertz CT molecular complexity index is 804. The van der Waals surface area contributed by atoms with Crippen LogP contribution >= 0.6 is 0 Å². The zero-order valence-electron chi connectivity index (χ0n) is 13.0. The Kier molecular flexibility index (Phi) is 4.77. The summed E-state index contributed by atoms with van der Waals surface area (Å²) in [5.74, 6) is -0.823. The van der Waals surface area contributed by atoms with E-state index in [9.17, 15) is 23.7 Å². The number of hydrogen-bond donors (Lipinski definition) is 1. The average molecular weight is 340 g/mol. The van der Waals surface area contributed by atoms with Crippen LogP contribution in [0.5, 0.6) is 5.75 Å². The number of carbonyl (C=O) groups excluding carboxylic acids is 1. The van der Waals surface area contributed by atoms with Crippen molar-refractivity contribution < 1.29 is 23.2 Å². The minimum Gasteiger partial charge on any atom is -0.435 e. The van der Waals surface area contributed by atoms with E-state index in [4.69, 9.17) is 0 Å². The highest BCUT2D eigenvalue weighted by Gasteiger charge is 2.29. The standard InChI is InChI=1S/C14H14F2N4O4/c1-7-6-9(24-14(15)16)4-5-10(7)17-13(21)11-12(20(22)23)8(2)19(3)18-11/h4-6,14H,1-3H3,(H,17,21). The number of halogens is 2. The van der Waals surface area contributed by atoms with E-state index in [2.05, 4.69) is 15.2 Å². The normalized spacial score (nSPS) is 10.8. The van der Waals surface area contributed by atoms with Crippen LogP contribution in [0.3, 0.4) is 0 Å². The quantitative estimate of drug-likeness (QED) is 0.666. The Morgan fingerprint density at radius 3 is 2.62 bits per heavy atom. The van der Waals surface area contributed by atoms with E-state index in [0.717, 1.165) is 0 Å². The first-order valence-electron chi connectivity index (χ1n) is 6.75. The molecule has 1 amide bonds. The molecule has 2 rings (SSSR count). The molecule has 0 aliphatic heterocycles. The van der Waals surface area contributed by atoms with Crippen LogP contribution in [0, 0.1) is 24.0 Å². The highest BCUT2D eigenvalue weighted by atomic mass is 19.3. The molecule has 0 spiro atoms. The van der Waals surface area contributed by atoms with Crippen LogP contribution in [-0.4, -0.2) is 27.2 Å². The Morgan fingerprint density at radius 2 is 2.08 bits per heavy atom. The number of nitrogens with one attached hydrogen (secondary N) is 1. The summed E-state index contributed by atoms with van der Waals surface area (Å²) < 4.78 is 29.8. The summed E-state index contributed by atoms with van der Waals surface area (Å²) in [4.78, 5) is 22.7. The summed E-state index contributed by atoms with van der Waals surface area (Å²) in [6.07, 6.45) is 0. The second-order valence-electron chi connectivity index (χ2n) is 4.97. The molecule has 0 atom stereocenters. The first-order valence-corrected chi connectivity index (χ1v) is 6.75. The number of anilines is 1. The number of rotatable bonds is 5. The summed E-state index contributed by atoms with van der Waals surface area (Å²) in [5, 5.41) is 17.4. The lowest BCUT2D eigenvalue weighted by molar-refractivity contribution is -0.385. The molecule has 2 aromatic rings. The van der Waals surface area contributed by atoms with Crippen molar-refractivity contribution in [1.29, 1.82) is 0 Å². The van der Waals surface area contributed by atoms with E-state index in [1.54, 1.807) is 6.92 Å². The van der Waals surface area contributed by atoms with Gasteiger partial charge in [0.2, 0.25) is 5.69 Å². The fraction of sp³-hybridized carbons (Fsp3) is 0.286. The molecule has 0 bridgehead atoms. The zero-order valence-corrected chi connectivity index (χ0v) is 13.0. The molecule has 1 N–H and O–H groups in total. The van der Waals surface area contributed by atoms with Crippen molar-refractivity contribution in [2.45, 2.75) is 20.5 Å². The molecule has 0 aliphatic carbocycles. The van der Waals surface area contributed by atoms with Crippen LogP contribution in [-0.2, 0) is 7.05 Å². The minimum absolute atomic E-state index is 0.0554. The summed E-state index contributed by atoms with van der Waals surface area (Å²) in [6.45, 7) is 0.0966. The number of aryl methyl sites for hydroxylation is 2. The van der Waals surface area contributed by atoms with Gasteiger partial charge in [-0.25, -0.2) is 0 Å². The van der Waals surface area contributed by atoms with Gasteiger partial charge >= 0.3 is 12.3 Å². The molecule has 128 valence electrons. The zero-order chi connectivity index (χ0) is 18.0. The van der Waals surface area contributed by atoms with E-state index in [1.165, 1.54) is 36.9 Å². The molecule has 0 aliphatic rings. The van der Waals surface area contributed by atoms with Gasteiger partial charge in [0.05, 0.1) is 4.92 Å². The molecule has 0 fully saturated rings. The molecule has 8 nitrogen and oxygen atoms in total. The summed E-state index contributed by atoms with van der Waals surface area (Å²) >= 11 is 0. The van der Waals surface area contributed by atoms with E-state index < -0.39 is 17.4 Å². The lowest BCUT2D eigenvalue weighted by Gasteiger charge is -2.10. The maximum absolute atomic E-state index is 12.3. The van der Waals surface area contributed by atoms with Crippen LogP contribution in [0.25, 0.3) is 0 Å².